The van der Waals surface area contributed by atoms with E-state index in [1.165, 1.54) is 11.3 Å². The molecule has 0 atom stereocenters. The predicted molar refractivity (Wildman–Crippen MR) is 114 cm³/mol. The average Bonchev–Trinajstić information content (AvgIpc) is 3.05. The largest absolute Gasteiger partial charge is 0.368 e. The number of nitrogens with zero attached hydrogens (tertiary/aromatic N) is 5. The highest BCUT2D eigenvalue weighted by Gasteiger charge is 2.20. The topological polar surface area (TPSA) is 84.9 Å². The molecule has 1 saturated heterocycles. The summed E-state index contributed by atoms with van der Waals surface area (Å²) in [6.45, 7) is 8.02. The molecule has 0 amide bonds. The molecule has 0 aliphatic carbocycles. The summed E-state index contributed by atoms with van der Waals surface area (Å²) >= 11 is 0. The van der Waals surface area contributed by atoms with Crippen LogP contribution in [0, 0.1) is 6.92 Å². The number of piperidine rings is 1. The second kappa shape index (κ2) is 8.14. The minimum absolute atomic E-state index is 0.356. The fourth-order valence-corrected chi connectivity index (χ4v) is 4.11. The van der Waals surface area contributed by atoms with E-state index in [0.717, 1.165) is 62.5 Å². The van der Waals surface area contributed by atoms with E-state index in [0.29, 0.717) is 12.0 Å². The molecule has 2 aromatic heterocycles. The minimum Gasteiger partial charge on any atom is -0.368 e. The Bertz CT molecular complexity index is 921. The van der Waals surface area contributed by atoms with Crippen LogP contribution in [0.4, 0.5) is 11.8 Å². The van der Waals surface area contributed by atoms with Crippen LogP contribution in [-0.4, -0.2) is 45.2 Å². The number of rotatable bonds is 6. The van der Waals surface area contributed by atoms with Crippen LogP contribution in [0.25, 0.3) is 11.0 Å². The van der Waals surface area contributed by atoms with Gasteiger partial charge >= 0.3 is 0 Å². The zero-order chi connectivity index (χ0) is 19.5. The molecule has 148 valence electrons. The van der Waals surface area contributed by atoms with E-state index in [1.807, 2.05) is 13.0 Å². The maximum atomic E-state index is 5.80. The molecule has 3 N–H and O–H groups in total. The van der Waals surface area contributed by atoms with Gasteiger partial charge in [0.15, 0.2) is 0 Å². The first kappa shape index (κ1) is 18.7. The Morgan fingerprint density at radius 1 is 1.14 bits per heavy atom. The molecule has 28 heavy (non-hydrogen) atoms. The fourth-order valence-electron chi connectivity index (χ4n) is 4.11. The van der Waals surface area contributed by atoms with Crippen LogP contribution in [0.3, 0.4) is 0 Å². The normalized spacial score (nSPS) is 15.4. The van der Waals surface area contributed by atoms with Gasteiger partial charge in [-0.15, -0.1) is 0 Å². The summed E-state index contributed by atoms with van der Waals surface area (Å²) < 4.78 is 2.32. The van der Waals surface area contributed by atoms with Gasteiger partial charge < -0.3 is 20.5 Å². The Morgan fingerprint density at radius 2 is 1.93 bits per heavy atom. The highest BCUT2D eigenvalue weighted by Crippen LogP contribution is 2.20. The van der Waals surface area contributed by atoms with Gasteiger partial charge in [-0.25, -0.2) is 9.97 Å². The first-order chi connectivity index (χ1) is 13.6. The summed E-state index contributed by atoms with van der Waals surface area (Å²) in [7, 11) is 0. The Labute approximate surface area is 166 Å². The second-order valence-corrected chi connectivity index (χ2v) is 7.45. The summed E-state index contributed by atoms with van der Waals surface area (Å²) in [5.41, 5.74) is 9.03. The molecule has 1 aromatic carbocycles. The molecular weight excluding hydrogens is 350 g/mol. The van der Waals surface area contributed by atoms with Gasteiger partial charge in [0, 0.05) is 50.4 Å². The van der Waals surface area contributed by atoms with Crippen molar-refractivity contribution in [3.05, 3.63) is 41.9 Å². The number of hydrogen-bond acceptors (Lipinski definition) is 6. The molecule has 1 aliphatic rings. The number of hydrogen-bond donors (Lipinski definition) is 2. The zero-order valence-corrected chi connectivity index (χ0v) is 16.7. The number of para-hydroxylation sites is 2. The lowest BCUT2D eigenvalue weighted by Crippen LogP contribution is -2.43. The van der Waals surface area contributed by atoms with E-state index in [9.17, 15) is 0 Å². The predicted octanol–water partition coefficient (Wildman–Crippen LogP) is 2.54. The lowest BCUT2D eigenvalue weighted by molar-refractivity contribution is 0.414. The highest BCUT2D eigenvalue weighted by atomic mass is 15.2. The molecule has 0 unspecified atom stereocenters. The van der Waals surface area contributed by atoms with Gasteiger partial charge in [0.1, 0.15) is 11.6 Å². The van der Waals surface area contributed by atoms with Crippen molar-refractivity contribution in [1.29, 1.82) is 0 Å². The Hall–Kier alpha value is -2.67. The van der Waals surface area contributed by atoms with Crippen LogP contribution in [0.15, 0.2) is 30.3 Å². The summed E-state index contributed by atoms with van der Waals surface area (Å²) in [6.07, 6.45) is 3.16. The van der Waals surface area contributed by atoms with Crippen molar-refractivity contribution in [2.75, 3.05) is 30.3 Å². The van der Waals surface area contributed by atoms with Crippen molar-refractivity contribution in [1.82, 2.24) is 24.8 Å². The van der Waals surface area contributed by atoms with E-state index in [1.54, 1.807) is 0 Å². The number of nitrogens with two attached hydrogens (primary N) is 1. The summed E-state index contributed by atoms with van der Waals surface area (Å²) in [5.74, 6) is 2.47. The number of imidazole rings is 1. The molecule has 7 nitrogen and oxygen atoms in total. The number of anilines is 2. The van der Waals surface area contributed by atoms with Gasteiger partial charge in [0.05, 0.1) is 11.0 Å². The van der Waals surface area contributed by atoms with Crippen molar-refractivity contribution in [3.8, 4) is 0 Å². The Morgan fingerprint density at radius 3 is 2.68 bits per heavy atom. The van der Waals surface area contributed by atoms with Crippen molar-refractivity contribution in [3.63, 3.8) is 0 Å². The minimum atomic E-state index is 0.356. The number of nitrogens with one attached hydrogen (secondary N) is 1. The lowest BCUT2D eigenvalue weighted by atomic mass is 10.0. The maximum absolute atomic E-state index is 5.80. The number of aromatic nitrogens is 4. The first-order valence-corrected chi connectivity index (χ1v) is 10.2. The molecular formula is C21H29N7. The standard InChI is InChI=1S/C21H29N7/c1-3-28-18-7-5-4-6-17(18)25-19(28)8-11-23-16-9-12-27(13-10-16)20-14-15(2)24-21(22)26-20/h4-7,14,16,23H,3,8-13H2,1-2H3,(H2,22,24,26). The third kappa shape index (κ3) is 3.94. The van der Waals surface area contributed by atoms with Gasteiger partial charge in [0.2, 0.25) is 5.95 Å². The van der Waals surface area contributed by atoms with Gasteiger partial charge in [-0.05, 0) is 38.8 Å². The van der Waals surface area contributed by atoms with Gasteiger partial charge in [-0.1, -0.05) is 12.1 Å². The SMILES string of the molecule is CCn1c(CCNC2CCN(c3cc(C)nc(N)n3)CC2)nc2ccccc21. The van der Waals surface area contributed by atoms with Crippen molar-refractivity contribution in [2.24, 2.45) is 0 Å². The summed E-state index contributed by atoms with van der Waals surface area (Å²) in [4.78, 5) is 15.7. The van der Waals surface area contributed by atoms with Crippen LogP contribution < -0.4 is 16.0 Å². The first-order valence-electron chi connectivity index (χ1n) is 10.2. The van der Waals surface area contributed by atoms with E-state index >= 15 is 0 Å². The Kier molecular flexibility index (Phi) is 5.43. The monoisotopic (exact) mass is 379 g/mol. The number of benzene rings is 1. The van der Waals surface area contributed by atoms with Gasteiger partial charge in [0.25, 0.3) is 0 Å². The third-order valence-electron chi connectivity index (χ3n) is 5.51. The number of aryl methyl sites for hydroxylation is 2. The number of nitrogen functional groups attached to an aromatic ring is 1. The smallest absolute Gasteiger partial charge is 0.222 e. The molecule has 3 aromatic rings. The third-order valence-corrected chi connectivity index (χ3v) is 5.51. The lowest BCUT2D eigenvalue weighted by Gasteiger charge is -2.33. The number of fused-ring (bicyclic) bond motifs is 1. The molecule has 7 heteroatoms. The van der Waals surface area contributed by atoms with E-state index in [2.05, 4.69) is 55.9 Å². The van der Waals surface area contributed by atoms with Gasteiger partial charge in [-0.3, -0.25) is 0 Å². The van der Waals surface area contributed by atoms with E-state index in [-0.39, 0.29) is 0 Å². The summed E-state index contributed by atoms with van der Waals surface area (Å²) in [5, 5.41) is 3.72. The highest BCUT2D eigenvalue weighted by molar-refractivity contribution is 5.75. The van der Waals surface area contributed by atoms with Crippen molar-refractivity contribution >= 4 is 22.8 Å². The molecule has 1 aliphatic heterocycles. The molecule has 1 fully saturated rings. The molecule has 3 heterocycles. The maximum Gasteiger partial charge on any atom is 0.222 e. The van der Waals surface area contributed by atoms with Crippen LogP contribution in [0.5, 0.6) is 0 Å². The molecule has 0 saturated carbocycles. The second-order valence-electron chi connectivity index (χ2n) is 7.45. The van der Waals surface area contributed by atoms with Crippen LogP contribution in [-0.2, 0) is 13.0 Å². The Balaban J connectivity index is 1.30. The zero-order valence-electron chi connectivity index (χ0n) is 16.7. The van der Waals surface area contributed by atoms with Crippen LogP contribution >= 0.6 is 0 Å². The quantitative estimate of drug-likeness (QED) is 0.685. The van der Waals surface area contributed by atoms with Crippen molar-refractivity contribution < 1.29 is 0 Å². The average molecular weight is 380 g/mol. The van der Waals surface area contributed by atoms with Crippen LogP contribution in [0.2, 0.25) is 0 Å². The van der Waals surface area contributed by atoms with Crippen LogP contribution in [0.1, 0.15) is 31.3 Å². The molecule has 0 spiro atoms. The molecule has 0 bridgehead atoms. The van der Waals surface area contributed by atoms with E-state index < -0.39 is 0 Å². The fraction of sp³-hybridized carbons (Fsp3) is 0.476. The summed E-state index contributed by atoms with van der Waals surface area (Å²) in [6, 6.07) is 10.9. The van der Waals surface area contributed by atoms with Gasteiger partial charge in [-0.2, -0.15) is 4.98 Å². The van der Waals surface area contributed by atoms with E-state index in [4.69, 9.17) is 10.7 Å². The van der Waals surface area contributed by atoms with Crippen molar-refractivity contribution in [2.45, 2.75) is 45.7 Å². The molecule has 0 radical (unpaired) electrons. The molecule has 4 rings (SSSR count).